The van der Waals surface area contributed by atoms with Crippen molar-refractivity contribution in [3.8, 4) is 0 Å². The van der Waals surface area contributed by atoms with Crippen molar-refractivity contribution in [1.82, 2.24) is 0 Å². The largest absolute Gasteiger partial charge is 0.469 e. The van der Waals surface area contributed by atoms with Gasteiger partial charge in [0.2, 0.25) is 0 Å². The fraction of sp³-hybridized carbons (Fsp3) is 0.214. The van der Waals surface area contributed by atoms with Gasteiger partial charge >= 0.3 is 0 Å². The molecule has 1 heterocycles. The van der Waals surface area contributed by atoms with E-state index >= 15 is 0 Å². The molecule has 0 aliphatic rings. The van der Waals surface area contributed by atoms with Crippen LogP contribution in [-0.4, -0.2) is 5.91 Å². The number of aryl methyl sites for hydroxylation is 2. The standard InChI is InChI=1S/C14H16N2O2/c1-8-4-5-12(15)9(2)13(8)16-14(17)11-6-7-18-10(11)3/h4-7H,15H2,1-3H3,(H,16,17). The van der Waals surface area contributed by atoms with Gasteiger partial charge in [-0.05, 0) is 44.0 Å². The van der Waals surface area contributed by atoms with Crippen LogP contribution in [0.2, 0.25) is 0 Å². The number of nitrogen functional groups attached to an aromatic ring is 1. The average molecular weight is 244 g/mol. The van der Waals surface area contributed by atoms with E-state index in [4.69, 9.17) is 10.2 Å². The number of rotatable bonds is 2. The number of carbonyl (C=O) groups excluding carboxylic acids is 1. The minimum atomic E-state index is -0.182. The van der Waals surface area contributed by atoms with E-state index in [9.17, 15) is 4.79 Å². The van der Waals surface area contributed by atoms with Crippen LogP contribution in [-0.2, 0) is 0 Å². The minimum absolute atomic E-state index is 0.182. The highest BCUT2D eigenvalue weighted by molar-refractivity contribution is 6.06. The first-order valence-electron chi connectivity index (χ1n) is 5.72. The second-order valence-electron chi connectivity index (χ2n) is 4.32. The Balaban J connectivity index is 2.33. The van der Waals surface area contributed by atoms with Gasteiger partial charge in [0.15, 0.2) is 0 Å². The molecule has 0 spiro atoms. The Bertz CT molecular complexity index is 600. The lowest BCUT2D eigenvalue weighted by Gasteiger charge is -2.13. The number of furan rings is 1. The molecule has 2 aromatic rings. The molecule has 0 aliphatic carbocycles. The molecular formula is C14H16N2O2. The number of anilines is 2. The molecule has 0 saturated heterocycles. The second-order valence-corrected chi connectivity index (χ2v) is 4.32. The quantitative estimate of drug-likeness (QED) is 0.798. The molecule has 0 unspecified atom stereocenters. The van der Waals surface area contributed by atoms with Crippen LogP contribution < -0.4 is 11.1 Å². The fourth-order valence-electron chi connectivity index (χ4n) is 1.86. The zero-order valence-electron chi connectivity index (χ0n) is 10.7. The highest BCUT2D eigenvalue weighted by Gasteiger charge is 2.14. The summed E-state index contributed by atoms with van der Waals surface area (Å²) in [4.78, 5) is 12.1. The molecule has 3 N–H and O–H groups in total. The Morgan fingerprint density at radius 3 is 2.56 bits per heavy atom. The Morgan fingerprint density at radius 1 is 1.22 bits per heavy atom. The number of hydrogen-bond donors (Lipinski definition) is 2. The third kappa shape index (κ3) is 2.09. The van der Waals surface area contributed by atoms with Crippen LogP contribution in [0.25, 0.3) is 0 Å². The summed E-state index contributed by atoms with van der Waals surface area (Å²) in [5, 5.41) is 2.88. The van der Waals surface area contributed by atoms with Gasteiger partial charge in [0.05, 0.1) is 11.8 Å². The van der Waals surface area contributed by atoms with Crippen LogP contribution in [0.4, 0.5) is 11.4 Å². The van der Waals surface area contributed by atoms with Crippen molar-refractivity contribution in [3.63, 3.8) is 0 Å². The zero-order valence-corrected chi connectivity index (χ0v) is 10.7. The molecule has 2 rings (SSSR count). The maximum absolute atomic E-state index is 12.1. The van der Waals surface area contributed by atoms with Crippen LogP contribution in [0.15, 0.2) is 28.9 Å². The number of hydrogen-bond acceptors (Lipinski definition) is 3. The number of amides is 1. The predicted molar refractivity (Wildman–Crippen MR) is 71.7 cm³/mol. The number of nitrogens with two attached hydrogens (primary N) is 1. The van der Waals surface area contributed by atoms with E-state index in [1.807, 2.05) is 26.0 Å². The third-order valence-electron chi connectivity index (χ3n) is 3.06. The summed E-state index contributed by atoms with van der Waals surface area (Å²) in [5.74, 6) is 0.421. The minimum Gasteiger partial charge on any atom is -0.469 e. The van der Waals surface area contributed by atoms with E-state index in [0.717, 1.165) is 16.8 Å². The van der Waals surface area contributed by atoms with Crippen molar-refractivity contribution < 1.29 is 9.21 Å². The number of benzene rings is 1. The Labute approximate surface area is 106 Å². The summed E-state index contributed by atoms with van der Waals surface area (Å²) in [7, 11) is 0. The second kappa shape index (κ2) is 4.56. The van der Waals surface area contributed by atoms with Gasteiger partial charge in [0.1, 0.15) is 5.76 Å². The first-order chi connectivity index (χ1) is 8.50. The molecule has 0 saturated carbocycles. The van der Waals surface area contributed by atoms with Crippen molar-refractivity contribution in [1.29, 1.82) is 0 Å². The summed E-state index contributed by atoms with van der Waals surface area (Å²) >= 11 is 0. The molecule has 1 aromatic carbocycles. The van der Waals surface area contributed by atoms with Gasteiger partial charge in [-0.15, -0.1) is 0 Å². The topological polar surface area (TPSA) is 68.3 Å². The summed E-state index contributed by atoms with van der Waals surface area (Å²) in [6.07, 6.45) is 1.50. The lowest BCUT2D eigenvalue weighted by molar-refractivity contribution is 0.102. The van der Waals surface area contributed by atoms with E-state index in [2.05, 4.69) is 5.32 Å². The number of carbonyl (C=O) groups is 1. The number of nitrogens with one attached hydrogen (secondary N) is 1. The van der Waals surface area contributed by atoms with Crippen molar-refractivity contribution >= 4 is 17.3 Å². The van der Waals surface area contributed by atoms with Crippen LogP contribution in [0.5, 0.6) is 0 Å². The van der Waals surface area contributed by atoms with Gasteiger partial charge in [-0.3, -0.25) is 4.79 Å². The normalized spacial score (nSPS) is 10.4. The molecule has 0 atom stereocenters. The molecule has 0 bridgehead atoms. The maximum Gasteiger partial charge on any atom is 0.259 e. The third-order valence-corrected chi connectivity index (χ3v) is 3.06. The summed E-state index contributed by atoms with van der Waals surface area (Å²) in [5.41, 5.74) is 9.67. The lowest BCUT2D eigenvalue weighted by Crippen LogP contribution is -2.14. The van der Waals surface area contributed by atoms with Gasteiger partial charge in [0.25, 0.3) is 5.91 Å². The fourth-order valence-corrected chi connectivity index (χ4v) is 1.86. The first-order valence-corrected chi connectivity index (χ1v) is 5.72. The highest BCUT2D eigenvalue weighted by atomic mass is 16.3. The van der Waals surface area contributed by atoms with E-state index in [1.165, 1.54) is 6.26 Å². The van der Waals surface area contributed by atoms with Gasteiger partial charge in [0, 0.05) is 11.4 Å². The molecule has 0 radical (unpaired) electrons. The van der Waals surface area contributed by atoms with Crippen molar-refractivity contribution in [2.24, 2.45) is 0 Å². The van der Waals surface area contributed by atoms with Gasteiger partial charge < -0.3 is 15.5 Å². The van der Waals surface area contributed by atoms with Crippen molar-refractivity contribution in [3.05, 3.63) is 46.9 Å². The molecule has 4 heteroatoms. The zero-order chi connectivity index (χ0) is 13.3. The predicted octanol–water partition coefficient (Wildman–Crippen LogP) is 3.04. The molecule has 94 valence electrons. The van der Waals surface area contributed by atoms with Crippen LogP contribution >= 0.6 is 0 Å². The molecule has 18 heavy (non-hydrogen) atoms. The molecular weight excluding hydrogens is 228 g/mol. The maximum atomic E-state index is 12.1. The van der Waals surface area contributed by atoms with E-state index < -0.39 is 0 Å². The molecule has 4 nitrogen and oxygen atoms in total. The van der Waals surface area contributed by atoms with Gasteiger partial charge in [-0.25, -0.2) is 0 Å². The SMILES string of the molecule is Cc1ccc(N)c(C)c1NC(=O)c1ccoc1C. The smallest absolute Gasteiger partial charge is 0.259 e. The summed E-state index contributed by atoms with van der Waals surface area (Å²) < 4.78 is 5.12. The van der Waals surface area contributed by atoms with Gasteiger partial charge in [-0.1, -0.05) is 6.07 Å². The van der Waals surface area contributed by atoms with Crippen LogP contribution in [0.3, 0.4) is 0 Å². The lowest BCUT2D eigenvalue weighted by atomic mass is 10.1. The van der Waals surface area contributed by atoms with E-state index in [-0.39, 0.29) is 5.91 Å². The molecule has 1 amide bonds. The van der Waals surface area contributed by atoms with Crippen molar-refractivity contribution in [2.75, 3.05) is 11.1 Å². The summed E-state index contributed by atoms with van der Waals surface area (Å²) in [6.45, 7) is 5.58. The Kier molecular flexibility index (Phi) is 3.10. The van der Waals surface area contributed by atoms with Crippen LogP contribution in [0.1, 0.15) is 27.2 Å². The van der Waals surface area contributed by atoms with Crippen LogP contribution in [0, 0.1) is 20.8 Å². The van der Waals surface area contributed by atoms with Crippen molar-refractivity contribution in [2.45, 2.75) is 20.8 Å². The first kappa shape index (κ1) is 12.2. The molecule has 1 aromatic heterocycles. The molecule has 0 aliphatic heterocycles. The monoisotopic (exact) mass is 244 g/mol. The Morgan fingerprint density at radius 2 is 1.94 bits per heavy atom. The Hall–Kier alpha value is -2.23. The van der Waals surface area contributed by atoms with E-state index in [1.54, 1.807) is 13.0 Å². The van der Waals surface area contributed by atoms with E-state index in [0.29, 0.717) is 17.0 Å². The summed E-state index contributed by atoms with van der Waals surface area (Å²) in [6, 6.07) is 5.38. The van der Waals surface area contributed by atoms with Gasteiger partial charge in [-0.2, -0.15) is 0 Å². The molecule has 0 fully saturated rings. The highest BCUT2D eigenvalue weighted by Crippen LogP contribution is 2.26. The average Bonchev–Trinajstić information content (AvgIpc) is 2.76.